The van der Waals surface area contributed by atoms with Gasteiger partial charge in [0.15, 0.2) is 5.75 Å². The molecule has 0 aliphatic carbocycles. The highest BCUT2D eigenvalue weighted by molar-refractivity contribution is 5.58. The molecule has 1 aliphatic rings. The predicted molar refractivity (Wildman–Crippen MR) is 57.5 cm³/mol. The van der Waals surface area contributed by atoms with Crippen LogP contribution in [-0.2, 0) is 4.74 Å². The number of hydrogen-bond acceptors (Lipinski definition) is 3. The smallest absolute Gasteiger partial charge is 0.220 e. The lowest BCUT2D eigenvalue weighted by molar-refractivity contribution is 0.0380. The third kappa shape index (κ3) is 2.01. The largest absolute Gasteiger partial charge is 0.504 e. The monoisotopic (exact) mass is 204 g/mol. The van der Waals surface area contributed by atoms with Gasteiger partial charge in [-0.3, -0.25) is 4.79 Å². The number of ether oxygens (including phenoxy) is 1. The van der Waals surface area contributed by atoms with Crippen LogP contribution < -0.4 is 5.43 Å². The van der Waals surface area contributed by atoms with Crippen LogP contribution in [0.1, 0.15) is 18.9 Å². The molecule has 1 aliphatic heterocycles. The molecule has 2 rings (SSSR count). The summed E-state index contributed by atoms with van der Waals surface area (Å²) in [5.74, 6) is 0.582. The van der Waals surface area contributed by atoms with E-state index in [1.54, 1.807) is 24.3 Å². The van der Waals surface area contributed by atoms with Crippen molar-refractivity contribution in [2.45, 2.75) is 19.4 Å². The lowest BCUT2D eigenvalue weighted by Crippen LogP contribution is -2.20. The first-order chi connectivity index (χ1) is 7.16. The van der Waals surface area contributed by atoms with Gasteiger partial charge in [0.25, 0.3) is 0 Å². The summed E-state index contributed by atoms with van der Waals surface area (Å²) in [5, 5.41) is 9.58. The summed E-state index contributed by atoms with van der Waals surface area (Å²) < 4.78 is 5.32. The van der Waals surface area contributed by atoms with Crippen LogP contribution in [0.4, 0.5) is 0 Å². The molecule has 0 aromatic heterocycles. The van der Waals surface area contributed by atoms with Crippen molar-refractivity contribution < 1.29 is 9.84 Å². The third-order valence-electron chi connectivity index (χ3n) is 2.30. The summed E-state index contributed by atoms with van der Waals surface area (Å²) in [5.41, 5.74) is 0.131. The normalized spacial score (nSPS) is 21.9. The van der Waals surface area contributed by atoms with E-state index in [0.29, 0.717) is 5.56 Å². The zero-order valence-corrected chi connectivity index (χ0v) is 8.43. The molecule has 1 fully saturated rings. The fourth-order valence-electron chi connectivity index (χ4n) is 1.52. The summed E-state index contributed by atoms with van der Waals surface area (Å²) in [6.07, 6.45) is 2.80. The molecular weight excluding hydrogens is 192 g/mol. The average molecular weight is 204 g/mol. The lowest BCUT2D eigenvalue weighted by Gasteiger charge is -2.27. The van der Waals surface area contributed by atoms with Crippen LogP contribution in [0.15, 0.2) is 34.8 Å². The SMILES string of the molecule is CC1C/C(=C\c2ccccc(=O)c2O)O1. The van der Waals surface area contributed by atoms with Crippen molar-refractivity contribution in [3.05, 3.63) is 45.8 Å². The molecule has 0 bridgehead atoms. The fraction of sp³-hybridized carbons (Fsp3) is 0.250. The standard InChI is InChI=1S/C12H12O3/c1-8-6-10(15-8)7-9-4-2-3-5-11(13)12(9)14/h2-5,7-8H,6H2,1H3,(H,13,14)/b10-7+. The van der Waals surface area contributed by atoms with Gasteiger partial charge in [0, 0.05) is 12.0 Å². The molecule has 3 heteroatoms. The van der Waals surface area contributed by atoms with E-state index in [2.05, 4.69) is 0 Å². The molecule has 1 heterocycles. The summed E-state index contributed by atoms with van der Waals surface area (Å²) in [6.45, 7) is 1.97. The van der Waals surface area contributed by atoms with E-state index in [9.17, 15) is 9.90 Å². The first-order valence-corrected chi connectivity index (χ1v) is 4.86. The van der Waals surface area contributed by atoms with Crippen LogP contribution >= 0.6 is 0 Å². The van der Waals surface area contributed by atoms with E-state index < -0.39 is 0 Å². The van der Waals surface area contributed by atoms with Gasteiger partial charge in [0.1, 0.15) is 11.9 Å². The third-order valence-corrected chi connectivity index (χ3v) is 2.30. The Morgan fingerprint density at radius 1 is 1.47 bits per heavy atom. The molecule has 1 unspecified atom stereocenters. The molecule has 1 aromatic carbocycles. The molecule has 0 spiro atoms. The van der Waals surface area contributed by atoms with Gasteiger partial charge in [0.2, 0.25) is 5.43 Å². The minimum Gasteiger partial charge on any atom is -0.504 e. The maximum absolute atomic E-state index is 11.3. The zero-order valence-electron chi connectivity index (χ0n) is 8.43. The van der Waals surface area contributed by atoms with Gasteiger partial charge in [-0.1, -0.05) is 18.2 Å². The molecule has 0 saturated carbocycles. The van der Waals surface area contributed by atoms with Crippen molar-refractivity contribution in [3.8, 4) is 5.75 Å². The highest BCUT2D eigenvalue weighted by Crippen LogP contribution is 2.27. The van der Waals surface area contributed by atoms with Crippen LogP contribution in [0.25, 0.3) is 6.08 Å². The molecule has 0 radical (unpaired) electrons. The number of aromatic hydroxyl groups is 1. The van der Waals surface area contributed by atoms with Crippen molar-refractivity contribution in [3.63, 3.8) is 0 Å². The van der Waals surface area contributed by atoms with Gasteiger partial charge in [-0.25, -0.2) is 0 Å². The van der Waals surface area contributed by atoms with E-state index in [0.717, 1.165) is 12.2 Å². The van der Waals surface area contributed by atoms with E-state index in [1.807, 2.05) is 6.92 Å². The second-order valence-corrected chi connectivity index (χ2v) is 3.63. The highest BCUT2D eigenvalue weighted by Gasteiger charge is 2.19. The second-order valence-electron chi connectivity index (χ2n) is 3.63. The number of rotatable bonds is 1. The molecule has 3 nitrogen and oxygen atoms in total. The van der Waals surface area contributed by atoms with Gasteiger partial charge >= 0.3 is 0 Å². The Morgan fingerprint density at radius 3 is 2.80 bits per heavy atom. The van der Waals surface area contributed by atoms with Crippen LogP contribution in [0.2, 0.25) is 0 Å². The van der Waals surface area contributed by atoms with E-state index >= 15 is 0 Å². The minimum atomic E-state index is -0.376. The maximum atomic E-state index is 11.3. The van der Waals surface area contributed by atoms with Crippen LogP contribution in [0.3, 0.4) is 0 Å². The topological polar surface area (TPSA) is 46.5 Å². The lowest BCUT2D eigenvalue weighted by atomic mass is 10.1. The van der Waals surface area contributed by atoms with E-state index in [1.165, 1.54) is 6.07 Å². The van der Waals surface area contributed by atoms with Gasteiger partial charge in [0.05, 0.1) is 0 Å². The molecule has 1 saturated heterocycles. The maximum Gasteiger partial charge on any atom is 0.220 e. The predicted octanol–water partition coefficient (Wildman–Crippen LogP) is 1.90. The summed E-state index contributed by atoms with van der Waals surface area (Å²) in [4.78, 5) is 11.3. The Kier molecular flexibility index (Phi) is 2.46. The van der Waals surface area contributed by atoms with Crippen LogP contribution in [0.5, 0.6) is 5.75 Å². The summed E-state index contributed by atoms with van der Waals surface area (Å²) in [6, 6.07) is 6.35. The summed E-state index contributed by atoms with van der Waals surface area (Å²) >= 11 is 0. The molecule has 1 aromatic rings. The van der Waals surface area contributed by atoms with Gasteiger partial charge < -0.3 is 9.84 Å². The second kappa shape index (κ2) is 3.77. The van der Waals surface area contributed by atoms with E-state index in [-0.39, 0.29) is 17.3 Å². The summed E-state index contributed by atoms with van der Waals surface area (Å²) in [7, 11) is 0. The Bertz CT molecular complexity index is 455. The van der Waals surface area contributed by atoms with E-state index in [4.69, 9.17) is 4.74 Å². The Balaban J connectivity index is 2.38. The highest BCUT2D eigenvalue weighted by atomic mass is 16.5. The quantitative estimate of drug-likeness (QED) is 0.760. The van der Waals surface area contributed by atoms with Crippen LogP contribution in [-0.4, -0.2) is 11.2 Å². The fourth-order valence-corrected chi connectivity index (χ4v) is 1.52. The minimum absolute atomic E-state index is 0.226. The van der Waals surface area contributed by atoms with Crippen molar-refractivity contribution in [2.75, 3.05) is 0 Å². The Morgan fingerprint density at radius 2 is 2.13 bits per heavy atom. The first kappa shape index (κ1) is 9.77. The van der Waals surface area contributed by atoms with Crippen molar-refractivity contribution in [2.24, 2.45) is 0 Å². The van der Waals surface area contributed by atoms with Gasteiger partial charge in [-0.2, -0.15) is 0 Å². The molecule has 1 N–H and O–H groups in total. The van der Waals surface area contributed by atoms with Gasteiger partial charge in [-0.15, -0.1) is 0 Å². The van der Waals surface area contributed by atoms with Gasteiger partial charge in [-0.05, 0) is 19.1 Å². The number of hydrogen-bond donors (Lipinski definition) is 1. The molecule has 0 amide bonds. The van der Waals surface area contributed by atoms with Crippen molar-refractivity contribution >= 4 is 6.08 Å². The zero-order chi connectivity index (χ0) is 10.8. The van der Waals surface area contributed by atoms with Crippen LogP contribution in [0, 0.1) is 0 Å². The molecular formula is C12H12O3. The molecule has 15 heavy (non-hydrogen) atoms. The average Bonchev–Trinajstić information content (AvgIpc) is 2.31. The van der Waals surface area contributed by atoms with Crippen molar-refractivity contribution in [1.29, 1.82) is 0 Å². The molecule has 78 valence electrons. The van der Waals surface area contributed by atoms with Crippen molar-refractivity contribution in [1.82, 2.24) is 0 Å². The first-order valence-electron chi connectivity index (χ1n) is 4.86. The molecule has 1 atom stereocenters. The Labute approximate surface area is 87.6 Å². The Hall–Kier alpha value is -1.77.